The van der Waals surface area contributed by atoms with Gasteiger partial charge in [0.15, 0.2) is 0 Å². The molecule has 22 heavy (non-hydrogen) atoms. The fraction of sp³-hybridized carbons (Fsp3) is 0.278. The predicted molar refractivity (Wildman–Crippen MR) is 86.0 cm³/mol. The Balaban J connectivity index is 1.60. The van der Waals surface area contributed by atoms with Gasteiger partial charge in [0.05, 0.1) is 13.7 Å². The second-order valence-corrected chi connectivity index (χ2v) is 4.89. The lowest BCUT2D eigenvalue weighted by Gasteiger charge is -2.08. The first-order valence-electron chi connectivity index (χ1n) is 7.35. The molecule has 0 radical (unpaired) electrons. The van der Waals surface area contributed by atoms with Crippen LogP contribution in [0.1, 0.15) is 18.4 Å². The third-order valence-electron chi connectivity index (χ3n) is 3.21. The molecule has 0 unspecified atom stereocenters. The van der Waals surface area contributed by atoms with Gasteiger partial charge in [-0.1, -0.05) is 30.3 Å². The second-order valence-electron chi connectivity index (χ2n) is 4.89. The first-order valence-corrected chi connectivity index (χ1v) is 7.35. The molecule has 0 aromatic heterocycles. The summed E-state index contributed by atoms with van der Waals surface area (Å²) in [6, 6.07) is 17.3. The van der Waals surface area contributed by atoms with Crippen LogP contribution < -0.4 is 14.8 Å². The number of nitrogens with one attached hydrogen (secondary N) is 1. The van der Waals surface area contributed by atoms with Crippen LogP contribution in [0.25, 0.3) is 0 Å². The largest absolute Gasteiger partial charge is 0.497 e. The van der Waals surface area contributed by atoms with E-state index in [0.717, 1.165) is 17.1 Å². The van der Waals surface area contributed by atoms with E-state index >= 15 is 0 Å². The van der Waals surface area contributed by atoms with Crippen LogP contribution in [0.2, 0.25) is 0 Å². The van der Waals surface area contributed by atoms with E-state index < -0.39 is 0 Å². The van der Waals surface area contributed by atoms with Crippen LogP contribution in [-0.2, 0) is 11.3 Å². The van der Waals surface area contributed by atoms with Gasteiger partial charge in [-0.3, -0.25) is 4.79 Å². The Morgan fingerprint density at radius 1 is 1.00 bits per heavy atom. The van der Waals surface area contributed by atoms with Crippen LogP contribution in [-0.4, -0.2) is 19.6 Å². The minimum absolute atomic E-state index is 0.0437. The molecular formula is C18H21NO3. The van der Waals surface area contributed by atoms with E-state index in [2.05, 4.69) is 5.32 Å². The maximum Gasteiger partial charge on any atom is 0.220 e. The van der Waals surface area contributed by atoms with Gasteiger partial charge in [0, 0.05) is 13.0 Å². The molecule has 0 aliphatic rings. The monoisotopic (exact) mass is 299 g/mol. The SMILES string of the molecule is COc1ccc(OCCCC(=O)NCc2ccccc2)cc1. The van der Waals surface area contributed by atoms with Crippen LogP contribution in [0.5, 0.6) is 11.5 Å². The maximum atomic E-state index is 11.7. The molecule has 0 bridgehead atoms. The molecule has 2 aromatic rings. The molecule has 1 N–H and O–H groups in total. The summed E-state index contributed by atoms with van der Waals surface area (Å²) in [6.45, 7) is 1.09. The van der Waals surface area contributed by atoms with Crippen molar-refractivity contribution in [1.29, 1.82) is 0 Å². The Labute approximate surface area is 131 Å². The molecule has 0 saturated heterocycles. The number of benzene rings is 2. The van der Waals surface area contributed by atoms with Crippen molar-refractivity contribution in [1.82, 2.24) is 5.32 Å². The quantitative estimate of drug-likeness (QED) is 0.762. The number of carbonyl (C=O) groups is 1. The van der Waals surface area contributed by atoms with Crippen LogP contribution in [0.15, 0.2) is 54.6 Å². The van der Waals surface area contributed by atoms with Crippen LogP contribution in [0.4, 0.5) is 0 Å². The van der Waals surface area contributed by atoms with E-state index in [4.69, 9.17) is 9.47 Å². The first-order chi connectivity index (χ1) is 10.8. The molecule has 4 heteroatoms. The minimum atomic E-state index is 0.0437. The first kappa shape index (κ1) is 15.9. The van der Waals surface area contributed by atoms with Crippen molar-refractivity contribution < 1.29 is 14.3 Å². The van der Waals surface area contributed by atoms with Crippen molar-refractivity contribution in [2.24, 2.45) is 0 Å². The molecule has 4 nitrogen and oxygen atoms in total. The highest BCUT2D eigenvalue weighted by Crippen LogP contribution is 2.17. The van der Waals surface area contributed by atoms with Crippen molar-refractivity contribution in [3.05, 3.63) is 60.2 Å². The third-order valence-corrected chi connectivity index (χ3v) is 3.21. The molecule has 0 fully saturated rings. The summed E-state index contributed by atoms with van der Waals surface area (Å²) in [6.07, 6.45) is 1.15. The average molecular weight is 299 g/mol. The van der Waals surface area contributed by atoms with Gasteiger partial charge < -0.3 is 14.8 Å². The summed E-state index contributed by atoms with van der Waals surface area (Å²) in [7, 11) is 1.63. The number of hydrogen-bond acceptors (Lipinski definition) is 3. The molecule has 0 saturated carbocycles. The zero-order chi connectivity index (χ0) is 15.6. The van der Waals surface area contributed by atoms with Gasteiger partial charge in [0.25, 0.3) is 0 Å². The smallest absolute Gasteiger partial charge is 0.220 e. The Kier molecular flexibility index (Phi) is 6.30. The zero-order valence-electron chi connectivity index (χ0n) is 12.7. The zero-order valence-corrected chi connectivity index (χ0v) is 12.7. The summed E-state index contributed by atoms with van der Waals surface area (Å²) < 4.78 is 10.7. The summed E-state index contributed by atoms with van der Waals surface area (Å²) in [5.41, 5.74) is 1.10. The van der Waals surface area contributed by atoms with Crippen LogP contribution in [0.3, 0.4) is 0 Å². The standard InChI is InChI=1S/C18H21NO3/c1-21-16-9-11-17(12-10-16)22-13-5-8-18(20)19-14-15-6-3-2-4-7-15/h2-4,6-7,9-12H,5,8,13-14H2,1H3,(H,19,20). The van der Waals surface area contributed by atoms with Gasteiger partial charge in [-0.05, 0) is 36.2 Å². The molecular weight excluding hydrogens is 278 g/mol. The molecule has 0 spiro atoms. The van der Waals surface area contributed by atoms with Crippen molar-refractivity contribution in [3.63, 3.8) is 0 Å². The number of amides is 1. The summed E-state index contributed by atoms with van der Waals surface area (Å²) in [5, 5.41) is 2.90. The van der Waals surface area contributed by atoms with E-state index in [1.165, 1.54) is 0 Å². The van der Waals surface area contributed by atoms with Gasteiger partial charge in [0.1, 0.15) is 11.5 Å². The number of ether oxygens (including phenoxy) is 2. The number of hydrogen-bond donors (Lipinski definition) is 1. The third kappa shape index (κ3) is 5.48. The molecule has 0 aliphatic carbocycles. The van der Waals surface area contributed by atoms with Gasteiger partial charge in [-0.25, -0.2) is 0 Å². The fourth-order valence-electron chi connectivity index (χ4n) is 1.98. The van der Waals surface area contributed by atoms with Crippen molar-refractivity contribution in [3.8, 4) is 11.5 Å². The van der Waals surface area contributed by atoms with Gasteiger partial charge in [-0.15, -0.1) is 0 Å². The summed E-state index contributed by atoms with van der Waals surface area (Å²) in [4.78, 5) is 11.7. The fourth-order valence-corrected chi connectivity index (χ4v) is 1.98. The normalized spacial score (nSPS) is 10.0. The van der Waals surface area contributed by atoms with Crippen molar-refractivity contribution in [2.75, 3.05) is 13.7 Å². The van der Waals surface area contributed by atoms with Crippen LogP contribution >= 0.6 is 0 Å². The van der Waals surface area contributed by atoms with Crippen molar-refractivity contribution >= 4 is 5.91 Å². The number of methoxy groups -OCH3 is 1. The Hall–Kier alpha value is -2.49. The van der Waals surface area contributed by atoms with E-state index in [-0.39, 0.29) is 5.91 Å². The van der Waals surface area contributed by atoms with Gasteiger partial charge >= 0.3 is 0 Å². The lowest BCUT2D eigenvalue weighted by atomic mass is 10.2. The predicted octanol–water partition coefficient (Wildman–Crippen LogP) is 3.17. The molecule has 0 heterocycles. The van der Waals surface area contributed by atoms with Gasteiger partial charge in [0.2, 0.25) is 5.91 Å². The molecule has 116 valence electrons. The second kappa shape index (κ2) is 8.72. The minimum Gasteiger partial charge on any atom is -0.497 e. The Morgan fingerprint density at radius 3 is 2.36 bits per heavy atom. The highest BCUT2D eigenvalue weighted by Gasteiger charge is 2.02. The topological polar surface area (TPSA) is 47.6 Å². The molecule has 2 rings (SSSR count). The lowest BCUT2D eigenvalue weighted by molar-refractivity contribution is -0.121. The highest BCUT2D eigenvalue weighted by atomic mass is 16.5. The number of rotatable bonds is 8. The lowest BCUT2D eigenvalue weighted by Crippen LogP contribution is -2.22. The summed E-state index contributed by atoms with van der Waals surface area (Å²) in [5.74, 6) is 1.63. The average Bonchev–Trinajstić information content (AvgIpc) is 2.58. The van der Waals surface area contributed by atoms with Gasteiger partial charge in [-0.2, -0.15) is 0 Å². The Morgan fingerprint density at radius 2 is 1.68 bits per heavy atom. The highest BCUT2D eigenvalue weighted by molar-refractivity contribution is 5.75. The molecule has 2 aromatic carbocycles. The van der Waals surface area contributed by atoms with Crippen molar-refractivity contribution in [2.45, 2.75) is 19.4 Å². The summed E-state index contributed by atoms with van der Waals surface area (Å²) >= 11 is 0. The van der Waals surface area contributed by atoms with Crippen LogP contribution in [0, 0.1) is 0 Å². The van der Waals surface area contributed by atoms with E-state index in [1.54, 1.807) is 7.11 Å². The molecule has 0 aliphatic heterocycles. The number of carbonyl (C=O) groups excluding carboxylic acids is 1. The maximum absolute atomic E-state index is 11.7. The van der Waals surface area contributed by atoms with E-state index in [1.807, 2.05) is 54.6 Å². The van der Waals surface area contributed by atoms with E-state index in [0.29, 0.717) is 26.0 Å². The molecule has 1 amide bonds. The van der Waals surface area contributed by atoms with E-state index in [9.17, 15) is 4.79 Å². The molecule has 0 atom stereocenters. The Bertz CT molecular complexity index is 567.